The highest BCUT2D eigenvalue weighted by Crippen LogP contribution is 2.20. The zero-order valence-corrected chi connectivity index (χ0v) is 9.85. The molecule has 0 amide bonds. The van der Waals surface area contributed by atoms with Gasteiger partial charge in [-0.3, -0.25) is 5.43 Å². The Morgan fingerprint density at radius 3 is 2.47 bits per heavy atom. The summed E-state index contributed by atoms with van der Waals surface area (Å²) < 4.78 is 10.2. The van der Waals surface area contributed by atoms with Crippen LogP contribution in [-0.4, -0.2) is 16.2 Å². The number of hydrogen-bond acceptors (Lipinski definition) is 6. The maximum atomic E-state index is 5.21. The number of benzene rings is 1. The van der Waals surface area contributed by atoms with Crippen LogP contribution in [0.3, 0.4) is 0 Å². The van der Waals surface area contributed by atoms with Crippen LogP contribution >= 0.6 is 0 Å². The number of hydrazone groups is 1. The van der Waals surface area contributed by atoms with E-state index in [-0.39, 0.29) is 0 Å². The van der Waals surface area contributed by atoms with E-state index in [9.17, 15) is 0 Å². The highest BCUT2D eigenvalue weighted by Gasteiger charge is 2.00. The van der Waals surface area contributed by atoms with E-state index in [4.69, 9.17) is 8.83 Å². The topological polar surface area (TPSA) is 76.5 Å². The fraction of sp³-hybridized carbons (Fsp3) is 0. The summed E-state index contributed by atoms with van der Waals surface area (Å²) in [4.78, 5) is 7.66. The minimum Gasteiger partial charge on any atom is -0.444 e. The normalized spacial score (nSPS) is 10.9. The zero-order chi connectivity index (χ0) is 12.9. The lowest BCUT2D eigenvalue weighted by molar-refractivity contribution is 0.551. The van der Waals surface area contributed by atoms with Gasteiger partial charge in [-0.15, -0.1) is 0 Å². The summed E-state index contributed by atoms with van der Waals surface area (Å²) in [6, 6.07) is 7.64. The fourth-order valence-corrected chi connectivity index (χ4v) is 1.53. The monoisotopic (exact) mass is 254 g/mol. The summed E-state index contributed by atoms with van der Waals surface area (Å²) in [6.07, 6.45) is 7.57. The van der Waals surface area contributed by atoms with Crippen LogP contribution in [0.4, 0.5) is 5.69 Å². The molecule has 0 radical (unpaired) electrons. The molecule has 0 aliphatic carbocycles. The maximum absolute atomic E-state index is 5.21. The van der Waals surface area contributed by atoms with Crippen molar-refractivity contribution in [2.45, 2.75) is 0 Å². The fourth-order valence-electron chi connectivity index (χ4n) is 1.53. The number of nitrogens with one attached hydrogen (secondary N) is 1. The lowest BCUT2D eigenvalue weighted by Gasteiger charge is -2.00. The van der Waals surface area contributed by atoms with Gasteiger partial charge in [-0.1, -0.05) is 0 Å². The van der Waals surface area contributed by atoms with E-state index in [1.807, 2.05) is 24.3 Å². The molecular formula is C13H10N4O2. The second kappa shape index (κ2) is 5.18. The molecule has 2 aromatic heterocycles. The molecule has 0 aliphatic rings. The molecule has 0 saturated heterocycles. The van der Waals surface area contributed by atoms with Gasteiger partial charge in [0, 0.05) is 5.56 Å². The first-order valence-electron chi connectivity index (χ1n) is 5.58. The quantitative estimate of drug-likeness (QED) is 0.572. The molecule has 1 aromatic carbocycles. The summed E-state index contributed by atoms with van der Waals surface area (Å²) in [6.45, 7) is 0. The van der Waals surface area contributed by atoms with Crippen molar-refractivity contribution >= 4 is 11.9 Å². The summed E-state index contributed by atoms with van der Waals surface area (Å²) in [7, 11) is 0. The molecule has 3 aromatic rings. The van der Waals surface area contributed by atoms with Crippen LogP contribution < -0.4 is 5.43 Å². The summed E-state index contributed by atoms with van der Waals surface area (Å²) in [5.41, 5.74) is 4.71. The molecule has 0 spiro atoms. The molecule has 6 heteroatoms. The Kier molecular flexibility index (Phi) is 3.05. The van der Waals surface area contributed by atoms with Gasteiger partial charge in [0.25, 0.3) is 0 Å². The molecule has 1 N–H and O–H groups in total. The molecule has 2 heterocycles. The second-order valence-corrected chi connectivity index (χ2v) is 3.72. The highest BCUT2D eigenvalue weighted by molar-refractivity contribution is 5.76. The Morgan fingerprint density at radius 2 is 1.79 bits per heavy atom. The van der Waals surface area contributed by atoms with E-state index in [0.717, 1.165) is 17.0 Å². The predicted octanol–water partition coefficient (Wildman–Crippen LogP) is 2.78. The van der Waals surface area contributed by atoms with E-state index in [1.165, 1.54) is 12.8 Å². The molecule has 0 atom stereocenters. The van der Waals surface area contributed by atoms with Crippen molar-refractivity contribution < 1.29 is 8.83 Å². The largest absolute Gasteiger partial charge is 0.444 e. The van der Waals surface area contributed by atoms with Gasteiger partial charge in [0.15, 0.2) is 24.3 Å². The smallest absolute Gasteiger partial charge is 0.181 e. The number of hydrogen-bond donors (Lipinski definition) is 1. The van der Waals surface area contributed by atoms with Crippen LogP contribution in [0, 0.1) is 0 Å². The van der Waals surface area contributed by atoms with Gasteiger partial charge in [-0.25, -0.2) is 9.97 Å². The van der Waals surface area contributed by atoms with Gasteiger partial charge in [0.05, 0.1) is 24.3 Å². The Bertz CT molecular complexity index is 643. The molecule has 3 rings (SSSR count). The maximum Gasteiger partial charge on any atom is 0.181 e. The van der Waals surface area contributed by atoms with Gasteiger partial charge < -0.3 is 8.83 Å². The predicted molar refractivity (Wildman–Crippen MR) is 69.7 cm³/mol. The van der Waals surface area contributed by atoms with Crippen LogP contribution in [-0.2, 0) is 0 Å². The van der Waals surface area contributed by atoms with Crippen molar-refractivity contribution in [3.8, 4) is 11.3 Å². The van der Waals surface area contributed by atoms with E-state index >= 15 is 0 Å². The molecule has 0 fully saturated rings. The number of nitrogens with zero attached hydrogens (tertiary/aromatic N) is 3. The summed E-state index contributed by atoms with van der Waals surface area (Å²) in [5, 5.41) is 4.03. The van der Waals surface area contributed by atoms with Gasteiger partial charge in [0.1, 0.15) is 0 Å². The van der Waals surface area contributed by atoms with Crippen molar-refractivity contribution in [3.63, 3.8) is 0 Å². The third-order valence-electron chi connectivity index (χ3n) is 2.44. The van der Waals surface area contributed by atoms with Crippen molar-refractivity contribution in [1.29, 1.82) is 0 Å². The first-order valence-corrected chi connectivity index (χ1v) is 5.58. The number of aromatic nitrogens is 2. The Morgan fingerprint density at radius 1 is 1.00 bits per heavy atom. The zero-order valence-electron chi connectivity index (χ0n) is 9.85. The molecule has 0 saturated carbocycles. The average molecular weight is 254 g/mol. The summed E-state index contributed by atoms with van der Waals surface area (Å²) >= 11 is 0. The summed E-state index contributed by atoms with van der Waals surface area (Å²) in [5.74, 6) is 1.32. The SMILES string of the molecule is C(=NNc1ccc(-c2cnco2)cc1)c1cnco1. The lowest BCUT2D eigenvalue weighted by Crippen LogP contribution is -1.89. The number of rotatable bonds is 4. The first kappa shape index (κ1) is 11.2. The van der Waals surface area contributed by atoms with Crippen molar-refractivity contribution in [1.82, 2.24) is 9.97 Å². The second-order valence-electron chi connectivity index (χ2n) is 3.72. The minimum absolute atomic E-state index is 0.589. The number of anilines is 1. The van der Waals surface area contributed by atoms with E-state index in [0.29, 0.717) is 5.76 Å². The van der Waals surface area contributed by atoms with Gasteiger partial charge >= 0.3 is 0 Å². The Balaban J connectivity index is 1.66. The van der Waals surface area contributed by atoms with Gasteiger partial charge in [0.2, 0.25) is 0 Å². The first-order chi connectivity index (χ1) is 9.42. The van der Waals surface area contributed by atoms with Gasteiger partial charge in [-0.05, 0) is 24.3 Å². The van der Waals surface area contributed by atoms with Crippen LogP contribution in [0.2, 0.25) is 0 Å². The van der Waals surface area contributed by atoms with E-state index < -0.39 is 0 Å². The molecule has 19 heavy (non-hydrogen) atoms. The average Bonchev–Trinajstić information content (AvgIpc) is 3.13. The van der Waals surface area contributed by atoms with E-state index in [1.54, 1.807) is 18.6 Å². The van der Waals surface area contributed by atoms with Crippen molar-refractivity contribution in [2.24, 2.45) is 5.10 Å². The van der Waals surface area contributed by atoms with Crippen molar-refractivity contribution in [3.05, 3.63) is 55.2 Å². The van der Waals surface area contributed by atoms with E-state index in [2.05, 4.69) is 20.5 Å². The molecule has 94 valence electrons. The van der Waals surface area contributed by atoms with Crippen LogP contribution in [0.5, 0.6) is 0 Å². The van der Waals surface area contributed by atoms with Crippen LogP contribution in [0.15, 0.2) is 63.4 Å². The standard InChI is InChI=1S/C13H10N4O2/c1-3-11(17-16-6-12-5-14-8-18-12)4-2-10(1)13-7-15-9-19-13/h1-9,17H. The Hall–Kier alpha value is -2.89. The van der Waals surface area contributed by atoms with Crippen LogP contribution in [0.1, 0.15) is 5.76 Å². The third kappa shape index (κ3) is 2.68. The van der Waals surface area contributed by atoms with Gasteiger partial charge in [-0.2, -0.15) is 5.10 Å². The van der Waals surface area contributed by atoms with Crippen molar-refractivity contribution in [2.75, 3.05) is 5.43 Å². The number of oxazole rings is 2. The Labute approximate surface area is 108 Å². The molecule has 0 unspecified atom stereocenters. The molecule has 6 nitrogen and oxygen atoms in total. The third-order valence-corrected chi connectivity index (χ3v) is 2.44. The minimum atomic E-state index is 0.589. The molecule has 0 aliphatic heterocycles. The highest BCUT2D eigenvalue weighted by atomic mass is 16.3. The molecular weight excluding hydrogens is 244 g/mol. The lowest BCUT2D eigenvalue weighted by atomic mass is 10.2. The van der Waals surface area contributed by atoms with Crippen LogP contribution in [0.25, 0.3) is 11.3 Å². The molecule has 0 bridgehead atoms.